The molecule has 0 bridgehead atoms. The third-order valence-electron chi connectivity index (χ3n) is 6.40. The molecule has 11 N–H and O–H groups in total. The topological polar surface area (TPSA) is 236 Å². The fraction of sp³-hybridized carbons (Fsp3) is 0.519. The molecule has 0 spiro atoms. The first kappa shape index (κ1) is 32.2. The van der Waals surface area contributed by atoms with Gasteiger partial charge in [0, 0.05) is 23.5 Å². The minimum absolute atomic E-state index is 0.00976. The maximum absolute atomic E-state index is 13.2. The summed E-state index contributed by atoms with van der Waals surface area (Å²) in [6, 6.07) is 2.68. The second kappa shape index (κ2) is 15.6. The highest BCUT2D eigenvalue weighted by molar-refractivity contribution is 5.96. The zero-order valence-corrected chi connectivity index (χ0v) is 22.9. The molecule has 2 aromatic rings. The first-order chi connectivity index (χ1) is 18.9. The van der Waals surface area contributed by atoms with Crippen LogP contribution in [0.25, 0.3) is 10.9 Å². The SMILES string of the molecule is CC(C)CC(NC(=O)C(CC(N)=O)NC(=O)C(N)CCCCN)C(=O)NC(Cc1c[nH]c2ccccc12)C(=O)O. The Morgan fingerprint density at radius 1 is 0.925 bits per heavy atom. The van der Waals surface area contributed by atoms with Gasteiger partial charge in [-0.1, -0.05) is 38.5 Å². The number of aromatic amines is 1. The number of carboxylic acids is 1. The lowest BCUT2D eigenvalue weighted by Gasteiger charge is -2.25. The number of benzene rings is 1. The Balaban J connectivity index is 2.15. The second-order valence-corrected chi connectivity index (χ2v) is 10.3. The first-order valence-electron chi connectivity index (χ1n) is 13.4. The van der Waals surface area contributed by atoms with Crippen LogP contribution in [0.4, 0.5) is 0 Å². The summed E-state index contributed by atoms with van der Waals surface area (Å²) in [5.74, 6) is -4.31. The van der Waals surface area contributed by atoms with Gasteiger partial charge in [-0.2, -0.15) is 0 Å². The molecule has 1 aromatic heterocycles. The second-order valence-electron chi connectivity index (χ2n) is 10.3. The van der Waals surface area contributed by atoms with Crippen LogP contribution in [0.2, 0.25) is 0 Å². The lowest BCUT2D eigenvalue weighted by atomic mass is 10.0. The van der Waals surface area contributed by atoms with Crippen LogP contribution >= 0.6 is 0 Å². The van der Waals surface area contributed by atoms with Crippen molar-refractivity contribution in [3.05, 3.63) is 36.0 Å². The van der Waals surface area contributed by atoms with Gasteiger partial charge in [0.15, 0.2) is 0 Å². The van der Waals surface area contributed by atoms with Crippen molar-refractivity contribution in [2.45, 2.75) is 76.5 Å². The molecule has 0 aliphatic carbocycles. The van der Waals surface area contributed by atoms with E-state index in [2.05, 4.69) is 20.9 Å². The minimum Gasteiger partial charge on any atom is -0.480 e. The Morgan fingerprint density at radius 3 is 2.17 bits per heavy atom. The van der Waals surface area contributed by atoms with E-state index in [1.807, 2.05) is 38.1 Å². The van der Waals surface area contributed by atoms with Crippen LogP contribution in [0.5, 0.6) is 0 Å². The number of aliphatic carboxylic acids is 1. The fourth-order valence-corrected chi connectivity index (χ4v) is 4.30. The number of fused-ring (bicyclic) bond motifs is 1. The van der Waals surface area contributed by atoms with Crippen molar-refractivity contribution < 1.29 is 29.1 Å². The van der Waals surface area contributed by atoms with Crippen molar-refractivity contribution in [1.82, 2.24) is 20.9 Å². The number of hydrogen-bond acceptors (Lipinski definition) is 7. The average Bonchev–Trinajstić information content (AvgIpc) is 3.29. The highest BCUT2D eigenvalue weighted by Crippen LogP contribution is 2.19. The Bertz CT molecular complexity index is 1180. The monoisotopic (exact) mass is 559 g/mol. The first-order valence-corrected chi connectivity index (χ1v) is 13.4. The lowest BCUT2D eigenvalue weighted by Crippen LogP contribution is -2.58. The molecule has 4 atom stereocenters. The number of unbranched alkanes of at least 4 members (excludes halogenated alkanes) is 1. The molecule has 4 amide bonds. The normalized spacial score (nSPS) is 14.2. The van der Waals surface area contributed by atoms with E-state index in [-0.39, 0.29) is 18.8 Å². The lowest BCUT2D eigenvalue weighted by molar-refractivity contribution is -0.142. The number of carbonyl (C=O) groups excluding carboxylic acids is 4. The van der Waals surface area contributed by atoms with E-state index in [0.717, 1.165) is 10.9 Å². The summed E-state index contributed by atoms with van der Waals surface area (Å²) < 4.78 is 0. The van der Waals surface area contributed by atoms with Gasteiger partial charge in [0.25, 0.3) is 0 Å². The van der Waals surface area contributed by atoms with Crippen LogP contribution < -0.4 is 33.2 Å². The molecule has 0 aliphatic rings. The highest BCUT2D eigenvalue weighted by atomic mass is 16.4. The van der Waals surface area contributed by atoms with Gasteiger partial charge in [0.2, 0.25) is 23.6 Å². The van der Waals surface area contributed by atoms with Crippen LogP contribution in [0.15, 0.2) is 30.5 Å². The largest absolute Gasteiger partial charge is 0.480 e. The average molecular weight is 560 g/mol. The maximum Gasteiger partial charge on any atom is 0.326 e. The third kappa shape index (κ3) is 9.97. The summed E-state index contributed by atoms with van der Waals surface area (Å²) in [5, 5.41) is 18.2. The number of carbonyl (C=O) groups is 5. The van der Waals surface area contributed by atoms with E-state index in [4.69, 9.17) is 17.2 Å². The molecular weight excluding hydrogens is 518 g/mol. The van der Waals surface area contributed by atoms with Crippen molar-refractivity contribution in [2.75, 3.05) is 6.54 Å². The minimum atomic E-state index is -1.37. The Kier molecular flexibility index (Phi) is 12.6. The van der Waals surface area contributed by atoms with Gasteiger partial charge in [0.1, 0.15) is 18.1 Å². The number of carboxylic acid groups (broad SMARTS) is 1. The molecular formula is C27H41N7O6. The summed E-state index contributed by atoms with van der Waals surface area (Å²) in [5.41, 5.74) is 18.2. The Morgan fingerprint density at radius 2 is 1.55 bits per heavy atom. The van der Waals surface area contributed by atoms with Crippen molar-refractivity contribution in [2.24, 2.45) is 23.1 Å². The van der Waals surface area contributed by atoms with Gasteiger partial charge in [-0.15, -0.1) is 0 Å². The zero-order chi connectivity index (χ0) is 29.8. The molecule has 0 fully saturated rings. The molecule has 13 nitrogen and oxygen atoms in total. The van der Waals surface area contributed by atoms with Gasteiger partial charge in [-0.25, -0.2) is 4.79 Å². The Hall–Kier alpha value is -3.97. The van der Waals surface area contributed by atoms with Crippen LogP contribution in [0.1, 0.15) is 51.5 Å². The van der Waals surface area contributed by atoms with E-state index < -0.39 is 60.2 Å². The highest BCUT2D eigenvalue weighted by Gasteiger charge is 2.31. The van der Waals surface area contributed by atoms with Crippen LogP contribution in [-0.2, 0) is 30.4 Å². The number of H-pyrrole nitrogens is 1. The molecule has 40 heavy (non-hydrogen) atoms. The zero-order valence-electron chi connectivity index (χ0n) is 22.9. The maximum atomic E-state index is 13.2. The third-order valence-corrected chi connectivity index (χ3v) is 6.40. The van der Waals surface area contributed by atoms with Crippen LogP contribution in [0.3, 0.4) is 0 Å². The standard InChI is InChI=1S/C27H41N7O6/c1-15(2)11-20(33-26(38)21(13-23(30)35)32-24(36)18(29)8-5-6-10-28)25(37)34-22(27(39)40)12-16-14-31-19-9-4-3-7-17(16)19/h3-4,7,9,14-15,18,20-22,31H,5-6,8,10-13,28-29H2,1-2H3,(H2,30,35)(H,32,36)(H,33,38)(H,34,37)(H,39,40). The van der Waals surface area contributed by atoms with Gasteiger partial charge in [0.05, 0.1) is 12.5 Å². The smallest absolute Gasteiger partial charge is 0.326 e. The Labute approximate surface area is 233 Å². The van der Waals surface area contributed by atoms with Gasteiger partial charge in [-0.05, 0) is 43.4 Å². The van der Waals surface area contributed by atoms with Crippen molar-refractivity contribution in [1.29, 1.82) is 0 Å². The summed E-state index contributed by atoms with van der Waals surface area (Å²) >= 11 is 0. The summed E-state index contributed by atoms with van der Waals surface area (Å²) in [6.45, 7) is 4.11. The van der Waals surface area contributed by atoms with Crippen molar-refractivity contribution in [3.63, 3.8) is 0 Å². The molecule has 0 saturated carbocycles. The van der Waals surface area contributed by atoms with E-state index >= 15 is 0 Å². The van der Waals surface area contributed by atoms with Crippen molar-refractivity contribution >= 4 is 40.5 Å². The fourth-order valence-electron chi connectivity index (χ4n) is 4.30. The molecule has 0 radical (unpaired) electrons. The molecule has 220 valence electrons. The predicted octanol–water partition coefficient (Wildman–Crippen LogP) is -0.373. The molecule has 1 aromatic carbocycles. The number of para-hydroxylation sites is 1. The van der Waals surface area contributed by atoms with Crippen LogP contribution in [-0.4, -0.2) is 70.4 Å². The van der Waals surface area contributed by atoms with E-state index in [0.29, 0.717) is 31.4 Å². The molecule has 0 saturated heterocycles. The number of aromatic nitrogens is 1. The molecule has 13 heteroatoms. The molecule has 4 unspecified atom stereocenters. The van der Waals surface area contributed by atoms with Gasteiger partial charge >= 0.3 is 5.97 Å². The number of rotatable bonds is 17. The number of nitrogens with two attached hydrogens (primary N) is 3. The summed E-state index contributed by atoms with van der Waals surface area (Å²) in [7, 11) is 0. The van der Waals surface area contributed by atoms with E-state index in [1.165, 1.54) is 0 Å². The quantitative estimate of drug-likeness (QED) is 0.119. The van der Waals surface area contributed by atoms with Gasteiger partial charge in [-0.3, -0.25) is 19.2 Å². The predicted molar refractivity (Wildman–Crippen MR) is 150 cm³/mol. The van der Waals surface area contributed by atoms with Gasteiger partial charge < -0.3 is 43.2 Å². The van der Waals surface area contributed by atoms with Crippen molar-refractivity contribution in [3.8, 4) is 0 Å². The molecule has 0 aliphatic heterocycles. The number of hydrogen-bond donors (Lipinski definition) is 8. The van der Waals surface area contributed by atoms with E-state index in [1.54, 1.807) is 6.20 Å². The van der Waals surface area contributed by atoms with E-state index in [9.17, 15) is 29.1 Å². The summed E-state index contributed by atoms with van der Waals surface area (Å²) in [6.07, 6.45) is 2.98. The molecule has 2 rings (SSSR count). The number of amides is 4. The summed E-state index contributed by atoms with van der Waals surface area (Å²) in [4.78, 5) is 65.7. The number of primary amides is 1. The van der Waals surface area contributed by atoms with Crippen LogP contribution in [0, 0.1) is 5.92 Å². The molecule has 1 heterocycles. The number of nitrogens with one attached hydrogen (secondary N) is 4.